The molecule has 0 fully saturated rings. The van der Waals surface area contributed by atoms with Crippen LogP contribution in [0.3, 0.4) is 0 Å². The Kier molecular flexibility index (Phi) is 6.18. The van der Waals surface area contributed by atoms with Crippen LogP contribution in [0.25, 0.3) is 0 Å². The second kappa shape index (κ2) is 8.15. The molecule has 1 aromatic carbocycles. The summed E-state index contributed by atoms with van der Waals surface area (Å²) in [5.74, 6) is 0.457. The SMILES string of the molecule is COCCNCC(Cc1nccs1)c1ccc(C)cc1. The second-order valence-corrected chi connectivity index (χ2v) is 5.91. The van der Waals surface area contributed by atoms with Crippen molar-refractivity contribution in [2.24, 2.45) is 0 Å². The van der Waals surface area contributed by atoms with Crippen LogP contribution in [0.4, 0.5) is 0 Å². The third kappa shape index (κ3) is 4.71. The van der Waals surface area contributed by atoms with Crippen LogP contribution >= 0.6 is 11.3 Å². The van der Waals surface area contributed by atoms with Gasteiger partial charge in [0.15, 0.2) is 0 Å². The van der Waals surface area contributed by atoms with Crippen molar-refractivity contribution in [2.45, 2.75) is 19.3 Å². The first-order valence-electron chi connectivity index (χ1n) is 6.94. The topological polar surface area (TPSA) is 34.1 Å². The summed E-state index contributed by atoms with van der Waals surface area (Å²) in [7, 11) is 1.73. The molecule has 0 amide bonds. The minimum absolute atomic E-state index is 0.457. The summed E-state index contributed by atoms with van der Waals surface area (Å²) in [5.41, 5.74) is 2.67. The number of thiazole rings is 1. The molecule has 1 N–H and O–H groups in total. The van der Waals surface area contributed by atoms with Gasteiger partial charge in [-0.1, -0.05) is 29.8 Å². The summed E-state index contributed by atoms with van der Waals surface area (Å²) in [6.45, 7) is 4.71. The van der Waals surface area contributed by atoms with E-state index in [0.29, 0.717) is 5.92 Å². The molecule has 0 saturated heterocycles. The van der Waals surface area contributed by atoms with Gasteiger partial charge in [0.2, 0.25) is 0 Å². The molecule has 3 nitrogen and oxygen atoms in total. The average Bonchev–Trinajstić information content (AvgIpc) is 2.96. The fraction of sp³-hybridized carbons (Fsp3) is 0.438. The van der Waals surface area contributed by atoms with Gasteiger partial charge in [-0.3, -0.25) is 0 Å². The maximum absolute atomic E-state index is 5.08. The summed E-state index contributed by atoms with van der Waals surface area (Å²) in [5, 5.41) is 6.70. The fourth-order valence-corrected chi connectivity index (χ4v) is 2.86. The molecular formula is C16H22N2OS. The minimum Gasteiger partial charge on any atom is -0.383 e. The van der Waals surface area contributed by atoms with Gasteiger partial charge in [-0.15, -0.1) is 11.3 Å². The number of aryl methyl sites for hydroxylation is 1. The number of nitrogens with zero attached hydrogens (tertiary/aromatic N) is 1. The van der Waals surface area contributed by atoms with E-state index in [4.69, 9.17) is 4.74 Å². The Bertz CT molecular complexity index is 482. The normalized spacial score (nSPS) is 12.5. The van der Waals surface area contributed by atoms with Gasteiger partial charge >= 0.3 is 0 Å². The van der Waals surface area contributed by atoms with Crippen molar-refractivity contribution in [1.29, 1.82) is 0 Å². The van der Waals surface area contributed by atoms with E-state index in [2.05, 4.69) is 41.5 Å². The zero-order valence-corrected chi connectivity index (χ0v) is 13.0. The summed E-state index contributed by atoms with van der Waals surface area (Å²) >= 11 is 1.73. The molecule has 0 spiro atoms. The van der Waals surface area contributed by atoms with Gasteiger partial charge in [0, 0.05) is 44.1 Å². The number of aromatic nitrogens is 1. The van der Waals surface area contributed by atoms with Gasteiger partial charge in [-0.25, -0.2) is 4.98 Å². The number of nitrogens with one attached hydrogen (secondary N) is 1. The fourth-order valence-electron chi connectivity index (χ4n) is 2.16. The van der Waals surface area contributed by atoms with Crippen LogP contribution in [0.5, 0.6) is 0 Å². The van der Waals surface area contributed by atoms with E-state index in [1.165, 1.54) is 16.1 Å². The van der Waals surface area contributed by atoms with Gasteiger partial charge in [0.05, 0.1) is 11.6 Å². The van der Waals surface area contributed by atoms with E-state index >= 15 is 0 Å². The molecule has 2 rings (SSSR count). The zero-order chi connectivity index (χ0) is 14.2. The first-order valence-corrected chi connectivity index (χ1v) is 7.82. The van der Waals surface area contributed by atoms with Crippen LogP contribution in [-0.2, 0) is 11.2 Å². The van der Waals surface area contributed by atoms with Gasteiger partial charge in [0.1, 0.15) is 0 Å². The average molecular weight is 290 g/mol. The van der Waals surface area contributed by atoms with Crippen LogP contribution in [0, 0.1) is 6.92 Å². The molecule has 0 saturated carbocycles. The lowest BCUT2D eigenvalue weighted by molar-refractivity contribution is 0.199. The highest BCUT2D eigenvalue weighted by Gasteiger charge is 2.13. The summed E-state index contributed by atoms with van der Waals surface area (Å²) < 4.78 is 5.08. The number of ether oxygens (including phenoxy) is 1. The highest BCUT2D eigenvalue weighted by molar-refractivity contribution is 7.09. The second-order valence-electron chi connectivity index (χ2n) is 4.93. The number of hydrogen-bond acceptors (Lipinski definition) is 4. The highest BCUT2D eigenvalue weighted by Crippen LogP contribution is 2.22. The molecule has 2 aromatic rings. The first kappa shape index (κ1) is 15.2. The largest absolute Gasteiger partial charge is 0.383 e. The predicted molar refractivity (Wildman–Crippen MR) is 84.5 cm³/mol. The van der Waals surface area contributed by atoms with Gasteiger partial charge in [-0.2, -0.15) is 0 Å². The number of rotatable bonds is 8. The van der Waals surface area contributed by atoms with Crippen molar-refractivity contribution in [2.75, 3.05) is 26.8 Å². The molecule has 4 heteroatoms. The Balaban J connectivity index is 2.00. The lowest BCUT2D eigenvalue weighted by Crippen LogP contribution is -2.26. The van der Waals surface area contributed by atoms with Crippen molar-refractivity contribution >= 4 is 11.3 Å². The highest BCUT2D eigenvalue weighted by atomic mass is 32.1. The first-order chi connectivity index (χ1) is 9.79. The van der Waals surface area contributed by atoms with E-state index < -0.39 is 0 Å². The molecule has 1 aromatic heterocycles. The van der Waals surface area contributed by atoms with Crippen LogP contribution < -0.4 is 5.32 Å². The Hall–Kier alpha value is -1.23. The molecule has 20 heavy (non-hydrogen) atoms. The zero-order valence-electron chi connectivity index (χ0n) is 12.1. The van der Waals surface area contributed by atoms with Crippen LogP contribution in [0.1, 0.15) is 22.1 Å². The molecule has 108 valence electrons. The third-order valence-electron chi connectivity index (χ3n) is 3.33. The van der Waals surface area contributed by atoms with Crippen LogP contribution in [-0.4, -0.2) is 31.8 Å². The van der Waals surface area contributed by atoms with E-state index in [-0.39, 0.29) is 0 Å². The van der Waals surface area contributed by atoms with Crippen LogP contribution in [0.2, 0.25) is 0 Å². The third-order valence-corrected chi connectivity index (χ3v) is 4.13. The minimum atomic E-state index is 0.457. The molecule has 0 radical (unpaired) electrons. The van der Waals surface area contributed by atoms with Crippen molar-refractivity contribution in [3.63, 3.8) is 0 Å². The standard InChI is InChI=1S/C16H22N2OS/c1-13-3-5-14(6-4-13)15(12-17-7-9-19-2)11-16-18-8-10-20-16/h3-6,8,10,15,17H,7,9,11-12H2,1-2H3. The van der Waals surface area contributed by atoms with E-state index in [9.17, 15) is 0 Å². The number of hydrogen-bond donors (Lipinski definition) is 1. The maximum Gasteiger partial charge on any atom is 0.0931 e. The quantitative estimate of drug-likeness (QED) is 0.759. The number of methoxy groups -OCH3 is 1. The van der Waals surface area contributed by atoms with Gasteiger partial charge in [-0.05, 0) is 12.5 Å². The molecule has 1 atom stereocenters. The summed E-state index contributed by atoms with van der Waals surface area (Å²) in [6.07, 6.45) is 2.87. The Morgan fingerprint density at radius 1 is 1.30 bits per heavy atom. The smallest absolute Gasteiger partial charge is 0.0931 e. The monoisotopic (exact) mass is 290 g/mol. The van der Waals surface area contributed by atoms with E-state index in [1.807, 2.05) is 11.6 Å². The Labute approximate surface area is 125 Å². The molecular weight excluding hydrogens is 268 g/mol. The van der Waals surface area contributed by atoms with Gasteiger partial charge in [0.25, 0.3) is 0 Å². The van der Waals surface area contributed by atoms with E-state index in [0.717, 1.165) is 26.1 Å². The lowest BCUT2D eigenvalue weighted by atomic mass is 9.95. The molecule has 0 aliphatic heterocycles. The maximum atomic E-state index is 5.08. The molecule has 0 aliphatic carbocycles. The summed E-state index contributed by atoms with van der Waals surface area (Å²) in [6, 6.07) is 8.82. The van der Waals surface area contributed by atoms with Crippen LogP contribution in [0.15, 0.2) is 35.8 Å². The molecule has 0 aliphatic rings. The summed E-state index contributed by atoms with van der Waals surface area (Å²) in [4.78, 5) is 4.41. The lowest BCUT2D eigenvalue weighted by Gasteiger charge is -2.17. The van der Waals surface area contributed by atoms with E-state index in [1.54, 1.807) is 18.4 Å². The van der Waals surface area contributed by atoms with Crippen molar-refractivity contribution in [3.8, 4) is 0 Å². The molecule has 1 heterocycles. The number of benzene rings is 1. The Morgan fingerprint density at radius 3 is 2.75 bits per heavy atom. The van der Waals surface area contributed by atoms with Crippen molar-refractivity contribution in [3.05, 3.63) is 52.0 Å². The molecule has 1 unspecified atom stereocenters. The predicted octanol–water partition coefficient (Wildman–Crippen LogP) is 3.01. The Morgan fingerprint density at radius 2 is 2.10 bits per heavy atom. The molecule has 0 bridgehead atoms. The van der Waals surface area contributed by atoms with Gasteiger partial charge < -0.3 is 10.1 Å². The van der Waals surface area contributed by atoms with Crippen molar-refractivity contribution < 1.29 is 4.74 Å². The van der Waals surface area contributed by atoms with Crippen molar-refractivity contribution in [1.82, 2.24) is 10.3 Å².